The number of nitrogen functional groups attached to an aromatic ring is 1. The number of hydrogen-bond donors (Lipinski definition) is 2. The van der Waals surface area contributed by atoms with Crippen LogP contribution < -0.4 is 5.73 Å². The number of carbonyl (C=O) groups is 1. The number of benzene rings is 1. The average Bonchev–Trinajstić information content (AvgIpc) is 2.08. The Morgan fingerprint density at radius 2 is 2.15 bits per heavy atom. The Bertz CT molecular complexity index is 374. The Morgan fingerprint density at radius 1 is 1.54 bits per heavy atom. The lowest BCUT2D eigenvalue weighted by Crippen LogP contribution is -2.12. The van der Waals surface area contributed by atoms with Gasteiger partial charge in [-0.1, -0.05) is 15.9 Å². The number of Topliss-reactive ketones (excluding diaryl/α,β-unsaturated/α-hetero) is 1. The molecule has 0 radical (unpaired) electrons. The van der Waals surface area contributed by atoms with Gasteiger partial charge in [-0.05, 0) is 18.2 Å². The molecule has 4 heteroatoms. The topological polar surface area (TPSA) is 66.9 Å². The van der Waals surface area contributed by atoms with Crippen molar-refractivity contribution in [3.63, 3.8) is 0 Å². The molecule has 3 N–H and O–H groups in total. The van der Waals surface area contributed by atoms with Crippen LogP contribution in [0.3, 0.4) is 0 Å². The van der Waals surface area contributed by atoms with Gasteiger partial charge >= 0.3 is 0 Å². The van der Waals surface area contributed by atoms with Gasteiger partial charge in [-0.3, -0.25) is 10.2 Å². The second-order valence-corrected chi connectivity index (χ2v) is 3.58. The van der Waals surface area contributed by atoms with Crippen molar-refractivity contribution in [2.45, 2.75) is 6.92 Å². The SMILES string of the molecule is CC(=O)C(=N)c1cc(Br)ccc1N. The van der Waals surface area contributed by atoms with Crippen molar-refractivity contribution in [1.29, 1.82) is 5.41 Å². The van der Waals surface area contributed by atoms with Crippen molar-refractivity contribution in [2.75, 3.05) is 5.73 Å². The Hall–Kier alpha value is -1.16. The zero-order valence-corrected chi connectivity index (χ0v) is 8.68. The van der Waals surface area contributed by atoms with Crippen molar-refractivity contribution in [2.24, 2.45) is 0 Å². The normalized spacial score (nSPS) is 9.69. The number of anilines is 1. The number of nitrogens with two attached hydrogens (primary N) is 1. The predicted molar refractivity (Wildman–Crippen MR) is 56.1 cm³/mol. The maximum atomic E-state index is 10.9. The number of halogens is 1. The highest BCUT2D eigenvalue weighted by molar-refractivity contribution is 9.10. The predicted octanol–water partition coefficient (Wildman–Crippen LogP) is 1.99. The molecule has 0 aliphatic carbocycles. The molecule has 3 nitrogen and oxygen atoms in total. The molecule has 0 atom stereocenters. The molecule has 0 aromatic heterocycles. The summed E-state index contributed by atoms with van der Waals surface area (Å²) < 4.78 is 0.808. The van der Waals surface area contributed by atoms with E-state index in [0.717, 1.165) is 4.47 Å². The van der Waals surface area contributed by atoms with Crippen molar-refractivity contribution < 1.29 is 4.79 Å². The first-order chi connectivity index (χ1) is 6.02. The first-order valence-electron chi connectivity index (χ1n) is 3.67. The summed E-state index contributed by atoms with van der Waals surface area (Å²) in [6.45, 7) is 1.35. The highest BCUT2D eigenvalue weighted by Gasteiger charge is 2.10. The minimum Gasteiger partial charge on any atom is -0.398 e. The molecule has 1 rings (SSSR count). The largest absolute Gasteiger partial charge is 0.398 e. The van der Waals surface area contributed by atoms with Gasteiger partial charge in [-0.15, -0.1) is 0 Å². The van der Waals surface area contributed by atoms with Gasteiger partial charge in [0.25, 0.3) is 0 Å². The van der Waals surface area contributed by atoms with Crippen molar-refractivity contribution in [1.82, 2.24) is 0 Å². The maximum absolute atomic E-state index is 10.9. The fraction of sp³-hybridized carbons (Fsp3) is 0.111. The highest BCUT2D eigenvalue weighted by Crippen LogP contribution is 2.18. The van der Waals surface area contributed by atoms with Crippen molar-refractivity contribution in [3.8, 4) is 0 Å². The molecule has 0 saturated carbocycles. The molecule has 0 spiro atoms. The Labute approximate surface area is 84.6 Å². The number of rotatable bonds is 2. The third-order valence-electron chi connectivity index (χ3n) is 1.64. The molecule has 0 saturated heterocycles. The van der Waals surface area contributed by atoms with Crippen LogP contribution in [0.1, 0.15) is 12.5 Å². The summed E-state index contributed by atoms with van der Waals surface area (Å²) in [6.07, 6.45) is 0. The van der Waals surface area contributed by atoms with Gasteiger partial charge in [0.2, 0.25) is 0 Å². The van der Waals surface area contributed by atoms with Gasteiger partial charge in [0.15, 0.2) is 5.78 Å². The second-order valence-electron chi connectivity index (χ2n) is 2.66. The minimum atomic E-state index is -0.287. The summed E-state index contributed by atoms with van der Waals surface area (Å²) in [6, 6.07) is 5.10. The monoisotopic (exact) mass is 240 g/mol. The van der Waals surface area contributed by atoms with E-state index in [1.165, 1.54) is 6.92 Å². The molecule has 0 aliphatic rings. The van der Waals surface area contributed by atoms with Crippen LogP contribution in [0.2, 0.25) is 0 Å². The smallest absolute Gasteiger partial charge is 0.178 e. The molecule has 1 aromatic carbocycles. The quantitative estimate of drug-likeness (QED) is 0.614. The van der Waals surface area contributed by atoms with Crippen LogP contribution in [0.15, 0.2) is 22.7 Å². The van der Waals surface area contributed by atoms with E-state index in [4.69, 9.17) is 11.1 Å². The lowest BCUT2D eigenvalue weighted by molar-refractivity contribution is -0.111. The van der Waals surface area contributed by atoms with Gasteiger partial charge < -0.3 is 5.73 Å². The van der Waals surface area contributed by atoms with E-state index >= 15 is 0 Å². The van der Waals surface area contributed by atoms with Crippen LogP contribution >= 0.6 is 15.9 Å². The number of nitrogens with one attached hydrogen (secondary N) is 1. The van der Waals surface area contributed by atoms with E-state index in [-0.39, 0.29) is 11.5 Å². The molecule has 0 unspecified atom stereocenters. The lowest BCUT2D eigenvalue weighted by atomic mass is 10.1. The zero-order valence-electron chi connectivity index (χ0n) is 7.10. The fourth-order valence-electron chi connectivity index (χ4n) is 0.935. The molecule has 0 heterocycles. The minimum absolute atomic E-state index is 0.0567. The summed E-state index contributed by atoms with van der Waals surface area (Å²) in [4.78, 5) is 10.9. The molecule has 68 valence electrons. The van der Waals surface area contributed by atoms with E-state index in [1.807, 2.05) is 0 Å². The fourth-order valence-corrected chi connectivity index (χ4v) is 1.30. The maximum Gasteiger partial charge on any atom is 0.178 e. The van der Waals surface area contributed by atoms with E-state index in [1.54, 1.807) is 18.2 Å². The third kappa shape index (κ3) is 2.15. The second kappa shape index (κ2) is 3.70. The Morgan fingerprint density at radius 3 is 2.69 bits per heavy atom. The molecule has 0 aliphatic heterocycles. The van der Waals surface area contributed by atoms with Crippen LogP contribution in [0.25, 0.3) is 0 Å². The first-order valence-corrected chi connectivity index (χ1v) is 4.46. The van der Waals surface area contributed by atoms with Gasteiger partial charge in [-0.25, -0.2) is 0 Å². The van der Waals surface area contributed by atoms with Gasteiger partial charge in [-0.2, -0.15) is 0 Å². The zero-order chi connectivity index (χ0) is 10.0. The third-order valence-corrected chi connectivity index (χ3v) is 2.13. The van der Waals surface area contributed by atoms with Gasteiger partial charge in [0, 0.05) is 22.6 Å². The summed E-state index contributed by atoms with van der Waals surface area (Å²) in [5.41, 5.74) is 6.48. The summed E-state index contributed by atoms with van der Waals surface area (Å²) in [5.74, 6) is -0.287. The molecular formula is C9H9BrN2O. The summed E-state index contributed by atoms with van der Waals surface area (Å²) >= 11 is 3.25. The van der Waals surface area contributed by atoms with Crippen LogP contribution in [-0.2, 0) is 4.79 Å². The summed E-state index contributed by atoms with van der Waals surface area (Å²) in [7, 11) is 0. The van der Waals surface area contributed by atoms with Crippen LogP contribution in [-0.4, -0.2) is 11.5 Å². The first kappa shape index (κ1) is 9.92. The van der Waals surface area contributed by atoms with E-state index in [2.05, 4.69) is 15.9 Å². The van der Waals surface area contributed by atoms with Crippen molar-refractivity contribution in [3.05, 3.63) is 28.2 Å². The molecule has 13 heavy (non-hydrogen) atoms. The number of carbonyl (C=O) groups excluding carboxylic acids is 1. The van der Waals surface area contributed by atoms with Crippen LogP contribution in [0, 0.1) is 5.41 Å². The van der Waals surface area contributed by atoms with Gasteiger partial charge in [0.05, 0.1) is 0 Å². The average molecular weight is 241 g/mol. The highest BCUT2D eigenvalue weighted by atomic mass is 79.9. The molecule has 0 amide bonds. The van der Waals surface area contributed by atoms with Crippen molar-refractivity contribution >= 4 is 33.1 Å². The standard InChI is InChI=1S/C9H9BrN2O/c1-5(13)9(12)7-4-6(10)2-3-8(7)11/h2-4,12H,11H2,1H3. The molecular weight excluding hydrogens is 232 g/mol. The van der Waals surface area contributed by atoms with Crippen LogP contribution in [0.5, 0.6) is 0 Å². The molecule has 0 bridgehead atoms. The number of ketones is 1. The van der Waals surface area contributed by atoms with Crippen LogP contribution in [0.4, 0.5) is 5.69 Å². The van der Waals surface area contributed by atoms with E-state index in [0.29, 0.717) is 11.3 Å². The molecule has 0 fully saturated rings. The lowest BCUT2D eigenvalue weighted by Gasteiger charge is -2.04. The van der Waals surface area contributed by atoms with E-state index in [9.17, 15) is 4.79 Å². The molecule has 1 aromatic rings. The Balaban J connectivity index is 3.21. The summed E-state index contributed by atoms with van der Waals surface area (Å²) in [5, 5.41) is 7.47. The van der Waals surface area contributed by atoms with Gasteiger partial charge in [0.1, 0.15) is 5.71 Å². The number of hydrogen-bond acceptors (Lipinski definition) is 3. The Kier molecular flexibility index (Phi) is 2.83. The van der Waals surface area contributed by atoms with E-state index < -0.39 is 0 Å².